The van der Waals surface area contributed by atoms with Gasteiger partial charge in [0.15, 0.2) is 11.4 Å². The first-order chi connectivity index (χ1) is 7.13. The minimum Gasteiger partial charge on any atom is -0.408 e. The summed E-state index contributed by atoms with van der Waals surface area (Å²) in [6.07, 6.45) is 0. The molecule has 0 bridgehead atoms. The lowest BCUT2D eigenvalue weighted by Crippen LogP contribution is -2.13. The first kappa shape index (κ1) is 9.67. The number of aryl methyl sites for hydroxylation is 1. The van der Waals surface area contributed by atoms with Crippen LogP contribution in [0.5, 0.6) is 0 Å². The molecular weight excluding hydrogens is 196 g/mol. The SMILES string of the molecule is Cn1c(=O)oc2cc(C(=O)CN)ccc21. The number of hydrogen-bond donors (Lipinski definition) is 1. The molecule has 5 heteroatoms. The van der Waals surface area contributed by atoms with Crippen molar-refractivity contribution in [3.8, 4) is 0 Å². The van der Waals surface area contributed by atoms with Crippen molar-refractivity contribution in [3.05, 3.63) is 34.3 Å². The number of oxazole rings is 1. The zero-order valence-corrected chi connectivity index (χ0v) is 8.19. The van der Waals surface area contributed by atoms with E-state index in [-0.39, 0.29) is 12.3 Å². The summed E-state index contributed by atoms with van der Waals surface area (Å²) >= 11 is 0. The first-order valence-electron chi connectivity index (χ1n) is 4.46. The number of aromatic nitrogens is 1. The summed E-state index contributed by atoms with van der Waals surface area (Å²) in [6, 6.07) is 4.83. The van der Waals surface area contributed by atoms with Crippen molar-refractivity contribution >= 4 is 16.9 Å². The van der Waals surface area contributed by atoms with E-state index in [0.29, 0.717) is 16.7 Å². The number of nitrogens with zero attached hydrogens (tertiary/aromatic N) is 1. The summed E-state index contributed by atoms with van der Waals surface area (Å²) in [5.74, 6) is -0.620. The summed E-state index contributed by atoms with van der Waals surface area (Å²) in [5, 5.41) is 0. The molecule has 5 nitrogen and oxygen atoms in total. The number of fused-ring (bicyclic) bond motifs is 1. The third-order valence-electron chi connectivity index (χ3n) is 2.30. The summed E-state index contributed by atoms with van der Waals surface area (Å²) in [4.78, 5) is 22.5. The zero-order chi connectivity index (χ0) is 11.0. The van der Waals surface area contributed by atoms with Crippen molar-refractivity contribution in [1.82, 2.24) is 4.57 Å². The largest absolute Gasteiger partial charge is 0.419 e. The van der Waals surface area contributed by atoms with Crippen molar-refractivity contribution < 1.29 is 9.21 Å². The van der Waals surface area contributed by atoms with Gasteiger partial charge in [0.2, 0.25) is 0 Å². The number of Topliss-reactive ketones (excluding diaryl/α,β-unsaturated/α-hetero) is 1. The molecule has 15 heavy (non-hydrogen) atoms. The van der Waals surface area contributed by atoms with Gasteiger partial charge in [0, 0.05) is 12.6 Å². The monoisotopic (exact) mass is 206 g/mol. The molecule has 0 saturated carbocycles. The molecule has 0 saturated heterocycles. The predicted octanol–water partition coefficient (Wildman–Crippen LogP) is 0.273. The molecule has 1 aromatic heterocycles. The molecular formula is C10H10N2O3. The normalized spacial score (nSPS) is 10.8. The Bertz CT molecular complexity index is 580. The highest BCUT2D eigenvalue weighted by atomic mass is 16.4. The van der Waals surface area contributed by atoms with Crippen molar-refractivity contribution in [2.75, 3.05) is 6.54 Å². The summed E-state index contributed by atoms with van der Waals surface area (Å²) in [7, 11) is 1.61. The van der Waals surface area contributed by atoms with Gasteiger partial charge in [0.1, 0.15) is 0 Å². The van der Waals surface area contributed by atoms with Crippen LogP contribution in [0.1, 0.15) is 10.4 Å². The highest BCUT2D eigenvalue weighted by molar-refractivity contribution is 5.99. The van der Waals surface area contributed by atoms with Gasteiger partial charge in [-0.05, 0) is 18.2 Å². The third-order valence-corrected chi connectivity index (χ3v) is 2.30. The van der Waals surface area contributed by atoms with E-state index in [1.807, 2.05) is 0 Å². The van der Waals surface area contributed by atoms with Crippen LogP contribution in [-0.4, -0.2) is 16.9 Å². The molecule has 78 valence electrons. The van der Waals surface area contributed by atoms with Gasteiger partial charge in [-0.1, -0.05) is 0 Å². The van der Waals surface area contributed by atoms with E-state index in [1.54, 1.807) is 19.2 Å². The standard InChI is InChI=1S/C10H10N2O3/c1-12-7-3-2-6(8(13)5-11)4-9(7)15-10(12)14/h2-4H,5,11H2,1H3. The van der Waals surface area contributed by atoms with Crippen LogP contribution in [0.25, 0.3) is 11.1 Å². The van der Waals surface area contributed by atoms with Crippen LogP contribution in [-0.2, 0) is 7.05 Å². The van der Waals surface area contributed by atoms with Gasteiger partial charge in [-0.25, -0.2) is 4.79 Å². The highest BCUT2D eigenvalue weighted by Gasteiger charge is 2.09. The van der Waals surface area contributed by atoms with Crippen molar-refractivity contribution in [1.29, 1.82) is 0 Å². The Kier molecular flexibility index (Phi) is 2.17. The van der Waals surface area contributed by atoms with Gasteiger partial charge in [0.05, 0.1) is 12.1 Å². The molecule has 2 aromatic rings. The fraction of sp³-hybridized carbons (Fsp3) is 0.200. The zero-order valence-electron chi connectivity index (χ0n) is 8.19. The Balaban J connectivity index is 2.67. The Hall–Kier alpha value is -1.88. The van der Waals surface area contributed by atoms with Crippen molar-refractivity contribution in [3.63, 3.8) is 0 Å². The van der Waals surface area contributed by atoms with E-state index in [4.69, 9.17) is 10.2 Å². The minimum absolute atomic E-state index is 0.0530. The van der Waals surface area contributed by atoms with Crippen molar-refractivity contribution in [2.24, 2.45) is 12.8 Å². The van der Waals surface area contributed by atoms with E-state index in [1.165, 1.54) is 10.6 Å². The Morgan fingerprint density at radius 2 is 2.27 bits per heavy atom. The summed E-state index contributed by atoms with van der Waals surface area (Å²) in [6.45, 7) is -0.0530. The van der Waals surface area contributed by atoms with E-state index >= 15 is 0 Å². The summed E-state index contributed by atoms with van der Waals surface area (Å²) < 4.78 is 6.33. The van der Waals surface area contributed by atoms with Crippen LogP contribution in [0.15, 0.2) is 27.4 Å². The summed E-state index contributed by atoms with van der Waals surface area (Å²) in [5.41, 5.74) is 6.76. The highest BCUT2D eigenvalue weighted by Crippen LogP contribution is 2.14. The number of nitrogens with two attached hydrogens (primary N) is 1. The quantitative estimate of drug-likeness (QED) is 0.715. The minimum atomic E-state index is -0.442. The third kappa shape index (κ3) is 1.46. The Morgan fingerprint density at radius 3 is 2.93 bits per heavy atom. The molecule has 0 amide bonds. The second-order valence-corrected chi connectivity index (χ2v) is 3.24. The van der Waals surface area contributed by atoms with E-state index < -0.39 is 5.76 Å². The molecule has 0 spiro atoms. The van der Waals surface area contributed by atoms with Crippen LogP contribution < -0.4 is 11.5 Å². The van der Waals surface area contributed by atoms with Gasteiger partial charge in [-0.3, -0.25) is 9.36 Å². The average molecular weight is 206 g/mol. The second-order valence-electron chi connectivity index (χ2n) is 3.24. The maximum atomic E-state index is 11.3. The number of benzene rings is 1. The fourth-order valence-electron chi connectivity index (χ4n) is 1.43. The molecule has 2 rings (SSSR count). The topological polar surface area (TPSA) is 78.2 Å². The van der Waals surface area contributed by atoms with Gasteiger partial charge in [0.25, 0.3) is 0 Å². The second kappa shape index (κ2) is 3.36. The molecule has 0 atom stereocenters. The van der Waals surface area contributed by atoms with Crippen LogP contribution in [0, 0.1) is 0 Å². The van der Waals surface area contributed by atoms with E-state index in [2.05, 4.69) is 0 Å². The number of rotatable bonds is 2. The Labute approximate surface area is 85.1 Å². The first-order valence-corrected chi connectivity index (χ1v) is 4.46. The van der Waals surface area contributed by atoms with Gasteiger partial charge in [-0.2, -0.15) is 0 Å². The lowest BCUT2D eigenvalue weighted by atomic mass is 10.1. The molecule has 0 radical (unpaired) electrons. The van der Waals surface area contributed by atoms with E-state index in [9.17, 15) is 9.59 Å². The maximum Gasteiger partial charge on any atom is 0.419 e. The number of carbonyl (C=O) groups excluding carboxylic acids is 1. The lowest BCUT2D eigenvalue weighted by Gasteiger charge is -1.97. The fourth-order valence-corrected chi connectivity index (χ4v) is 1.43. The van der Waals surface area contributed by atoms with Crippen LogP contribution >= 0.6 is 0 Å². The Morgan fingerprint density at radius 1 is 1.53 bits per heavy atom. The number of carbonyl (C=O) groups is 1. The molecule has 2 N–H and O–H groups in total. The molecule has 0 aliphatic heterocycles. The molecule has 0 aliphatic carbocycles. The van der Waals surface area contributed by atoms with Crippen LogP contribution in [0.4, 0.5) is 0 Å². The number of ketones is 1. The van der Waals surface area contributed by atoms with Gasteiger partial charge in [-0.15, -0.1) is 0 Å². The molecule has 0 fully saturated rings. The maximum absolute atomic E-state index is 11.3. The van der Waals surface area contributed by atoms with Crippen LogP contribution in [0.3, 0.4) is 0 Å². The number of hydrogen-bond acceptors (Lipinski definition) is 4. The predicted molar refractivity (Wildman–Crippen MR) is 54.8 cm³/mol. The lowest BCUT2D eigenvalue weighted by molar-refractivity contribution is 0.100. The molecule has 1 heterocycles. The average Bonchev–Trinajstić information content (AvgIpc) is 2.53. The van der Waals surface area contributed by atoms with E-state index in [0.717, 1.165) is 0 Å². The molecule has 0 aliphatic rings. The van der Waals surface area contributed by atoms with Gasteiger partial charge < -0.3 is 10.2 Å². The smallest absolute Gasteiger partial charge is 0.408 e. The van der Waals surface area contributed by atoms with Gasteiger partial charge >= 0.3 is 5.76 Å². The molecule has 1 aromatic carbocycles. The van der Waals surface area contributed by atoms with Crippen LogP contribution in [0.2, 0.25) is 0 Å². The molecule has 0 unspecified atom stereocenters. The van der Waals surface area contributed by atoms with Crippen molar-refractivity contribution in [2.45, 2.75) is 0 Å².